The molecule has 0 bridgehead atoms. The van der Waals surface area contributed by atoms with Crippen LogP contribution in [0.4, 0.5) is 0 Å². The van der Waals surface area contributed by atoms with Crippen molar-refractivity contribution in [3.8, 4) is 0 Å². The van der Waals surface area contributed by atoms with E-state index in [4.69, 9.17) is 4.42 Å². The number of para-hydroxylation sites is 1. The Morgan fingerprint density at radius 1 is 1.33 bits per heavy atom. The minimum atomic E-state index is 0.815. The lowest BCUT2D eigenvalue weighted by atomic mass is 10.2. The summed E-state index contributed by atoms with van der Waals surface area (Å²) < 4.78 is 5.82. The van der Waals surface area contributed by atoms with Gasteiger partial charge in [0.15, 0.2) is 5.58 Å². The molecule has 1 aromatic carbocycles. The minimum Gasteiger partial charge on any atom is -0.439 e. The van der Waals surface area contributed by atoms with Crippen LogP contribution in [-0.2, 0) is 6.54 Å². The number of nitrogens with zero attached hydrogens (tertiary/aromatic N) is 2. The number of oxazole rings is 1. The van der Waals surface area contributed by atoms with Gasteiger partial charge in [0.25, 0.3) is 0 Å². The van der Waals surface area contributed by atoms with Gasteiger partial charge >= 0.3 is 0 Å². The van der Waals surface area contributed by atoms with Crippen molar-refractivity contribution < 1.29 is 4.42 Å². The second kappa shape index (κ2) is 5.08. The van der Waals surface area contributed by atoms with E-state index in [0.717, 1.165) is 49.7 Å². The number of hydrogen-bond donors (Lipinski definition) is 1. The van der Waals surface area contributed by atoms with E-state index in [-0.39, 0.29) is 0 Å². The van der Waals surface area contributed by atoms with Crippen molar-refractivity contribution in [1.29, 1.82) is 0 Å². The SMILES string of the molecule is Cc1cccc2oc(CN3CCCNCC3)nc12. The Labute approximate surface area is 107 Å². The predicted octanol–water partition coefficient (Wildman–Crippen LogP) is 1.93. The number of nitrogens with one attached hydrogen (secondary N) is 1. The summed E-state index contributed by atoms with van der Waals surface area (Å²) in [7, 11) is 0. The van der Waals surface area contributed by atoms with Crippen LogP contribution in [0.25, 0.3) is 11.1 Å². The fourth-order valence-electron chi connectivity index (χ4n) is 2.45. The van der Waals surface area contributed by atoms with Crippen molar-refractivity contribution in [2.75, 3.05) is 26.2 Å². The Hall–Kier alpha value is -1.39. The van der Waals surface area contributed by atoms with E-state index in [1.807, 2.05) is 12.1 Å². The number of rotatable bonds is 2. The average molecular weight is 245 g/mol. The molecule has 0 saturated carbocycles. The molecule has 4 nitrogen and oxygen atoms in total. The van der Waals surface area contributed by atoms with Gasteiger partial charge in [-0.15, -0.1) is 0 Å². The van der Waals surface area contributed by atoms with Crippen LogP contribution in [0.5, 0.6) is 0 Å². The number of aromatic nitrogens is 1. The van der Waals surface area contributed by atoms with Gasteiger partial charge in [-0.2, -0.15) is 0 Å². The van der Waals surface area contributed by atoms with Gasteiger partial charge in [0.1, 0.15) is 5.52 Å². The molecule has 1 saturated heterocycles. The summed E-state index contributed by atoms with van der Waals surface area (Å²) in [4.78, 5) is 7.01. The Kier molecular flexibility index (Phi) is 3.30. The molecule has 2 heterocycles. The molecular weight excluding hydrogens is 226 g/mol. The van der Waals surface area contributed by atoms with Gasteiger partial charge in [0.05, 0.1) is 6.54 Å². The fraction of sp³-hybridized carbons (Fsp3) is 0.500. The zero-order valence-electron chi connectivity index (χ0n) is 10.8. The molecule has 0 aliphatic carbocycles. The Balaban J connectivity index is 1.79. The topological polar surface area (TPSA) is 41.3 Å². The number of aryl methyl sites for hydroxylation is 1. The third-order valence-electron chi connectivity index (χ3n) is 3.46. The molecule has 0 spiro atoms. The zero-order chi connectivity index (χ0) is 12.4. The summed E-state index contributed by atoms with van der Waals surface area (Å²) in [6.07, 6.45) is 1.19. The van der Waals surface area contributed by atoms with Gasteiger partial charge in [0.2, 0.25) is 5.89 Å². The molecule has 4 heteroatoms. The molecule has 3 rings (SSSR count). The van der Waals surface area contributed by atoms with E-state index in [2.05, 4.69) is 28.2 Å². The molecule has 1 N–H and O–H groups in total. The first-order valence-corrected chi connectivity index (χ1v) is 6.61. The molecule has 2 aromatic rings. The first-order chi connectivity index (χ1) is 8.83. The average Bonchev–Trinajstić information content (AvgIpc) is 2.60. The van der Waals surface area contributed by atoms with Crippen molar-refractivity contribution >= 4 is 11.1 Å². The fourth-order valence-corrected chi connectivity index (χ4v) is 2.45. The van der Waals surface area contributed by atoms with E-state index in [9.17, 15) is 0 Å². The second-order valence-corrected chi connectivity index (χ2v) is 4.91. The molecule has 1 aliphatic rings. The third-order valence-corrected chi connectivity index (χ3v) is 3.46. The van der Waals surface area contributed by atoms with Crippen LogP contribution < -0.4 is 5.32 Å². The molecule has 0 amide bonds. The van der Waals surface area contributed by atoms with Crippen molar-refractivity contribution in [3.05, 3.63) is 29.7 Å². The molecule has 1 aliphatic heterocycles. The number of benzene rings is 1. The molecule has 96 valence electrons. The van der Waals surface area contributed by atoms with Gasteiger partial charge < -0.3 is 9.73 Å². The molecule has 1 aromatic heterocycles. The first kappa shape index (κ1) is 11.7. The largest absolute Gasteiger partial charge is 0.439 e. The van der Waals surface area contributed by atoms with Crippen LogP contribution >= 0.6 is 0 Å². The van der Waals surface area contributed by atoms with Crippen molar-refractivity contribution in [3.63, 3.8) is 0 Å². The van der Waals surface area contributed by atoms with Gasteiger partial charge in [-0.25, -0.2) is 4.98 Å². The van der Waals surface area contributed by atoms with Gasteiger partial charge in [-0.3, -0.25) is 4.90 Å². The van der Waals surface area contributed by atoms with Crippen molar-refractivity contribution in [2.24, 2.45) is 0 Å². The summed E-state index contributed by atoms with van der Waals surface area (Å²) in [5, 5.41) is 3.41. The second-order valence-electron chi connectivity index (χ2n) is 4.91. The Morgan fingerprint density at radius 2 is 2.28 bits per heavy atom. The van der Waals surface area contributed by atoms with E-state index in [0.29, 0.717) is 0 Å². The summed E-state index contributed by atoms with van der Waals surface area (Å²) >= 11 is 0. The maximum atomic E-state index is 5.82. The Morgan fingerprint density at radius 3 is 3.17 bits per heavy atom. The lowest BCUT2D eigenvalue weighted by molar-refractivity contribution is 0.257. The molecule has 18 heavy (non-hydrogen) atoms. The Bertz CT molecular complexity index is 527. The third kappa shape index (κ3) is 2.40. The lowest BCUT2D eigenvalue weighted by Gasteiger charge is -2.16. The van der Waals surface area contributed by atoms with E-state index in [1.165, 1.54) is 12.0 Å². The lowest BCUT2D eigenvalue weighted by Crippen LogP contribution is -2.27. The maximum absolute atomic E-state index is 5.82. The normalized spacial score (nSPS) is 18.1. The van der Waals surface area contributed by atoms with Crippen molar-refractivity contribution in [2.45, 2.75) is 19.9 Å². The van der Waals surface area contributed by atoms with Crippen LogP contribution in [0.15, 0.2) is 22.6 Å². The highest BCUT2D eigenvalue weighted by molar-refractivity contribution is 5.76. The highest BCUT2D eigenvalue weighted by atomic mass is 16.3. The van der Waals surface area contributed by atoms with E-state index >= 15 is 0 Å². The molecule has 1 fully saturated rings. The zero-order valence-corrected chi connectivity index (χ0v) is 10.8. The monoisotopic (exact) mass is 245 g/mol. The standard InChI is InChI=1S/C14H19N3O/c1-11-4-2-5-12-14(11)16-13(18-12)10-17-8-3-6-15-7-9-17/h2,4-5,15H,3,6-10H2,1H3. The first-order valence-electron chi connectivity index (χ1n) is 6.61. The quantitative estimate of drug-likeness (QED) is 0.878. The smallest absolute Gasteiger partial charge is 0.209 e. The van der Waals surface area contributed by atoms with Crippen LogP contribution in [0.1, 0.15) is 17.9 Å². The minimum absolute atomic E-state index is 0.815. The van der Waals surface area contributed by atoms with Crippen LogP contribution in [0, 0.1) is 6.92 Å². The summed E-state index contributed by atoms with van der Waals surface area (Å²) in [6, 6.07) is 6.08. The van der Waals surface area contributed by atoms with Gasteiger partial charge in [0, 0.05) is 13.1 Å². The summed E-state index contributed by atoms with van der Waals surface area (Å²) in [5.74, 6) is 0.834. The molecular formula is C14H19N3O. The van der Waals surface area contributed by atoms with Crippen molar-refractivity contribution in [1.82, 2.24) is 15.2 Å². The van der Waals surface area contributed by atoms with E-state index < -0.39 is 0 Å². The molecule has 0 atom stereocenters. The summed E-state index contributed by atoms with van der Waals surface area (Å²) in [5.41, 5.74) is 3.08. The van der Waals surface area contributed by atoms with Gasteiger partial charge in [-0.05, 0) is 38.1 Å². The number of fused-ring (bicyclic) bond motifs is 1. The van der Waals surface area contributed by atoms with Crippen LogP contribution in [-0.4, -0.2) is 36.1 Å². The van der Waals surface area contributed by atoms with Crippen LogP contribution in [0.3, 0.4) is 0 Å². The summed E-state index contributed by atoms with van der Waals surface area (Å²) in [6.45, 7) is 7.24. The maximum Gasteiger partial charge on any atom is 0.209 e. The highest BCUT2D eigenvalue weighted by Crippen LogP contribution is 2.19. The predicted molar refractivity (Wildman–Crippen MR) is 71.5 cm³/mol. The van der Waals surface area contributed by atoms with Gasteiger partial charge in [-0.1, -0.05) is 12.1 Å². The number of hydrogen-bond acceptors (Lipinski definition) is 4. The highest BCUT2D eigenvalue weighted by Gasteiger charge is 2.13. The van der Waals surface area contributed by atoms with Crippen LogP contribution in [0.2, 0.25) is 0 Å². The van der Waals surface area contributed by atoms with E-state index in [1.54, 1.807) is 0 Å². The molecule has 0 unspecified atom stereocenters. The molecule has 0 radical (unpaired) electrons.